The van der Waals surface area contributed by atoms with Crippen LogP contribution in [0.15, 0.2) is 18.2 Å². The highest BCUT2D eigenvalue weighted by Gasteiger charge is 2.31. The summed E-state index contributed by atoms with van der Waals surface area (Å²) >= 11 is 0. The van der Waals surface area contributed by atoms with Gasteiger partial charge in [0.2, 0.25) is 5.91 Å². The first-order valence-electron chi connectivity index (χ1n) is 5.90. The maximum atomic E-state index is 14.0. The minimum atomic E-state index is -1.11. The van der Waals surface area contributed by atoms with E-state index in [0.29, 0.717) is 18.5 Å². The molecule has 18 heavy (non-hydrogen) atoms. The monoisotopic (exact) mass is 252 g/mol. The van der Waals surface area contributed by atoms with Crippen LogP contribution in [0.3, 0.4) is 0 Å². The molecule has 1 unspecified atom stereocenters. The van der Waals surface area contributed by atoms with E-state index in [1.54, 1.807) is 19.9 Å². The molecule has 1 aliphatic rings. The average molecular weight is 252 g/mol. The molecule has 1 fully saturated rings. The summed E-state index contributed by atoms with van der Waals surface area (Å²) in [5.74, 6) is -0.776. The van der Waals surface area contributed by atoms with Gasteiger partial charge in [-0.1, -0.05) is 6.07 Å². The molecule has 1 atom stereocenters. The first kappa shape index (κ1) is 13.0. The molecule has 1 aromatic rings. The van der Waals surface area contributed by atoms with Crippen LogP contribution in [0, 0.1) is 5.82 Å². The van der Waals surface area contributed by atoms with E-state index in [9.17, 15) is 14.3 Å². The van der Waals surface area contributed by atoms with Crippen molar-refractivity contribution in [1.82, 2.24) is 0 Å². The number of nitrogens with zero attached hydrogens (tertiary/aromatic N) is 1. The highest BCUT2D eigenvalue weighted by Crippen LogP contribution is 2.28. The topological polar surface area (TPSA) is 66.6 Å². The number of aliphatic hydroxyl groups is 1. The molecule has 2 rings (SSSR count). The average Bonchev–Trinajstić information content (AvgIpc) is 2.59. The van der Waals surface area contributed by atoms with E-state index in [-0.39, 0.29) is 11.6 Å². The fourth-order valence-electron chi connectivity index (χ4n) is 2.05. The third-order valence-corrected chi connectivity index (χ3v) is 3.19. The van der Waals surface area contributed by atoms with Gasteiger partial charge in [-0.3, -0.25) is 4.79 Å². The number of carbonyl (C=O) groups excluding carboxylic acids is 1. The van der Waals surface area contributed by atoms with Crippen molar-refractivity contribution in [2.24, 2.45) is 5.73 Å². The van der Waals surface area contributed by atoms with E-state index in [4.69, 9.17) is 5.73 Å². The van der Waals surface area contributed by atoms with Crippen LogP contribution in [0.2, 0.25) is 0 Å². The molecule has 1 aliphatic heterocycles. The maximum Gasteiger partial charge on any atom is 0.244 e. The van der Waals surface area contributed by atoms with Gasteiger partial charge in [0.1, 0.15) is 5.82 Å². The number of amides is 1. The standard InChI is InChI=1S/C13H17FN2O2/c1-13(2,18)8-3-4-11(9(14)7-8)16-6-5-10(15)12(16)17/h3-4,7,10,18H,5-6,15H2,1-2H3. The number of anilines is 1. The van der Waals surface area contributed by atoms with Crippen molar-refractivity contribution in [3.05, 3.63) is 29.6 Å². The van der Waals surface area contributed by atoms with Gasteiger partial charge in [0.15, 0.2) is 0 Å². The minimum absolute atomic E-state index is 0.223. The van der Waals surface area contributed by atoms with Crippen molar-refractivity contribution >= 4 is 11.6 Å². The van der Waals surface area contributed by atoms with Crippen LogP contribution >= 0.6 is 0 Å². The molecular weight excluding hydrogens is 235 g/mol. The van der Waals surface area contributed by atoms with Gasteiger partial charge >= 0.3 is 0 Å². The van der Waals surface area contributed by atoms with Gasteiger partial charge in [0.25, 0.3) is 0 Å². The summed E-state index contributed by atoms with van der Waals surface area (Å²) in [6.07, 6.45) is 0.533. The molecule has 5 heteroatoms. The first-order chi connectivity index (χ1) is 8.30. The quantitative estimate of drug-likeness (QED) is 0.828. The zero-order chi connectivity index (χ0) is 13.5. The van der Waals surface area contributed by atoms with Crippen molar-refractivity contribution in [2.75, 3.05) is 11.4 Å². The van der Waals surface area contributed by atoms with Crippen LogP contribution in [0.25, 0.3) is 0 Å². The molecule has 1 heterocycles. The second kappa shape index (κ2) is 4.33. The molecule has 0 spiro atoms. The molecule has 0 aliphatic carbocycles. The Bertz CT molecular complexity index is 482. The van der Waals surface area contributed by atoms with E-state index in [2.05, 4.69) is 0 Å². The van der Waals surface area contributed by atoms with Gasteiger partial charge in [-0.2, -0.15) is 0 Å². The number of carbonyl (C=O) groups is 1. The summed E-state index contributed by atoms with van der Waals surface area (Å²) in [5, 5.41) is 9.80. The number of benzene rings is 1. The summed E-state index contributed by atoms with van der Waals surface area (Å²) in [6.45, 7) is 3.59. The third-order valence-electron chi connectivity index (χ3n) is 3.19. The van der Waals surface area contributed by atoms with Gasteiger partial charge in [-0.15, -0.1) is 0 Å². The summed E-state index contributed by atoms with van der Waals surface area (Å²) in [6, 6.07) is 3.85. The minimum Gasteiger partial charge on any atom is -0.386 e. The second-order valence-electron chi connectivity index (χ2n) is 5.11. The zero-order valence-corrected chi connectivity index (χ0v) is 10.5. The molecule has 3 N–H and O–H groups in total. The van der Waals surface area contributed by atoms with Gasteiger partial charge in [0.05, 0.1) is 17.3 Å². The third kappa shape index (κ3) is 2.23. The molecule has 0 bridgehead atoms. The number of halogens is 1. The van der Waals surface area contributed by atoms with Crippen molar-refractivity contribution in [3.63, 3.8) is 0 Å². The van der Waals surface area contributed by atoms with Crippen molar-refractivity contribution < 1.29 is 14.3 Å². The molecule has 1 saturated heterocycles. The highest BCUT2D eigenvalue weighted by molar-refractivity contribution is 5.99. The lowest BCUT2D eigenvalue weighted by molar-refractivity contribution is -0.118. The Hall–Kier alpha value is -1.46. The molecule has 0 radical (unpaired) electrons. The predicted molar refractivity (Wildman–Crippen MR) is 66.6 cm³/mol. The van der Waals surface area contributed by atoms with Gasteiger partial charge < -0.3 is 15.7 Å². The van der Waals surface area contributed by atoms with E-state index >= 15 is 0 Å². The van der Waals surface area contributed by atoms with Crippen molar-refractivity contribution in [1.29, 1.82) is 0 Å². The normalized spacial score (nSPS) is 20.6. The van der Waals surface area contributed by atoms with Crippen LogP contribution in [-0.4, -0.2) is 23.6 Å². The molecular formula is C13H17FN2O2. The lowest BCUT2D eigenvalue weighted by Gasteiger charge is -2.21. The molecule has 1 aromatic carbocycles. The van der Waals surface area contributed by atoms with Gasteiger partial charge in [0, 0.05) is 6.54 Å². The Morgan fingerprint density at radius 3 is 2.61 bits per heavy atom. The fourth-order valence-corrected chi connectivity index (χ4v) is 2.05. The van der Waals surface area contributed by atoms with Gasteiger partial charge in [-0.05, 0) is 38.0 Å². The Balaban J connectivity index is 2.34. The van der Waals surface area contributed by atoms with Gasteiger partial charge in [-0.25, -0.2) is 4.39 Å². The molecule has 1 amide bonds. The smallest absolute Gasteiger partial charge is 0.244 e. The van der Waals surface area contributed by atoms with Crippen LogP contribution in [0.4, 0.5) is 10.1 Å². The number of hydrogen-bond donors (Lipinski definition) is 2. The van der Waals surface area contributed by atoms with Crippen molar-refractivity contribution in [3.8, 4) is 0 Å². The van der Waals surface area contributed by atoms with E-state index in [1.807, 2.05) is 0 Å². The highest BCUT2D eigenvalue weighted by atomic mass is 19.1. The summed E-state index contributed by atoms with van der Waals surface area (Å²) in [7, 11) is 0. The van der Waals surface area contributed by atoms with E-state index < -0.39 is 17.5 Å². The lowest BCUT2D eigenvalue weighted by Crippen LogP contribution is -2.34. The Labute approximate surface area is 105 Å². The first-order valence-corrected chi connectivity index (χ1v) is 5.90. The van der Waals surface area contributed by atoms with E-state index in [0.717, 1.165) is 0 Å². The predicted octanol–water partition coefficient (Wildman–Crippen LogP) is 1.12. The van der Waals surface area contributed by atoms with Crippen molar-refractivity contribution in [2.45, 2.75) is 31.9 Å². The molecule has 98 valence electrons. The van der Waals surface area contributed by atoms with Crippen LogP contribution < -0.4 is 10.6 Å². The number of rotatable bonds is 2. The van der Waals surface area contributed by atoms with E-state index in [1.165, 1.54) is 17.0 Å². The molecule has 0 aromatic heterocycles. The Kier molecular flexibility index (Phi) is 3.12. The van der Waals surface area contributed by atoms with Crippen LogP contribution in [-0.2, 0) is 10.4 Å². The largest absolute Gasteiger partial charge is 0.386 e. The summed E-state index contributed by atoms with van der Waals surface area (Å²) < 4.78 is 14.0. The maximum absolute atomic E-state index is 14.0. The number of hydrogen-bond acceptors (Lipinski definition) is 3. The van der Waals surface area contributed by atoms with Crippen LogP contribution in [0.5, 0.6) is 0 Å². The molecule has 4 nitrogen and oxygen atoms in total. The summed E-state index contributed by atoms with van der Waals surface area (Å²) in [5.41, 5.74) is 5.19. The summed E-state index contributed by atoms with van der Waals surface area (Å²) in [4.78, 5) is 13.1. The lowest BCUT2D eigenvalue weighted by atomic mass is 9.98. The molecule has 0 saturated carbocycles. The Morgan fingerprint density at radius 2 is 2.17 bits per heavy atom. The second-order valence-corrected chi connectivity index (χ2v) is 5.11. The number of nitrogens with two attached hydrogens (primary N) is 1. The zero-order valence-electron chi connectivity index (χ0n) is 10.5. The van der Waals surface area contributed by atoms with Crippen LogP contribution in [0.1, 0.15) is 25.8 Å². The fraction of sp³-hybridized carbons (Fsp3) is 0.462. The Morgan fingerprint density at radius 1 is 1.50 bits per heavy atom. The SMILES string of the molecule is CC(C)(O)c1ccc(N2CCC(N)C2=O)c(F)c1.